The molecule has 2 atom stereocenters. The Hall–Kier alpha value is -1.13. The van der Waals surface area contributed by atoms with Crippen molar-refractivity contribution in [3.8, 4) is 0 Å². The third-order valence-electron chi connectivity index (χ3n) is 2.36. The second-order valence-corrected chi connectivity index (χ2v) is 5.30. The maximum absolute atomic E-state index is 11.6. The molecule has 18 heavy (non-hydrogen) atoms. The molecule has 0 heterocycles. The molecule has 0 fully saturated rings. The zero-order chi connectivity index (χ0) is 13.5. The first-order valence-corrected chi connectivity index (χ1v) is 6.69. The summed E-state index contributed by atoms with van der Waals surface area (Å²) in [5.74, 6) is -0.150. The van der Waals surface area contributed by atoms with Crippen LogP contribution in [0, 0.1) is 0 Å². The van der Waals surface area contributed by atoms with Crippen LogP contribution in [0.2, 0.25) is 0 Å². The first-order chi connectivity index (χ1) is 8.47. The van der Waals surface area contributed by atoms with Crippen molar-refractivity contribution in [3.63, 3.8) is 0 Å². The number of carbonyl (C=O) groups is 1. The maximum Gasteiger partial charge on any atom is 0.244 e. The Labute approximate surface area is 116 Å². The predicted molar refractivity (Wildman–Crippen MR) is 77.1 cm³/mol. The van der Waals surface area contributed by atoms with E-state index < -0.39 is 6.10 Å². The van der Waals surface area contributed by atoms with Crippen molar-refractivity contribution in [2.75, 3.05) is 0 Å². The molecule has 1 rings (SSSR count). The number of nitrogens with one attached hydrogen (secondary N) is 1. The van der Waals surface area contributed by atoms with Crippen molar-refractivity contribution >= 4 is 27.9 Å². The van der Waals surface area contributed by atoms with E-state index in [9.17, 15) is 9.90 Å². The second kappa shape index (κ2) is 7.34. The highest BCUT2D eigenvalue weighted by Crippen LogP contribution is 2.12. The van der Waals surface area contributed by atoms with Crippen LogP contribution in [0.15, 0.2) is 34.8 Å². The van der Waals surface area contributed by atoms with Gasteiger partial charge in [-0.3, -0.25) is 4.79 Å². The molecule has 0 spiro atoms. The van der Waals surface area contributed by atoms with E-state index in [2.05, 4.69) is 21.2 Å². The van der Waals surface area contributed by atoms with Crippen LogP contribution in [0.4, 0.5) is 0 Å². The van der Waals surface area contributed by atoms with Gasteiger partial charge in [0.05, 0.1) is 6.10 Å². The molecule has 0 bridgehead atoms. The lowest BCUT2D eigenvalue weighted by Gasteiger charge is -2.13. The molecule has 3 nitrogen and oxygen atoms in total. The van der Waals surface area contributed by atoms with Gasteiger partial charge in [-0.05, 0) is 44.0 Å². The van der Waals surface area contributed by atoms with Gasteiger partial charge in [-0.25, -0.2) is 0 Å². The topological polar surface area (TPSA) is 49.3 Å². The zero-order valence-corrected chi connectivity index (χ0v) is 12.1. The Morgan fingerprint density at radius 2 is 2.22 bits per heavy atom. The van der Waals surface area contributed by atoms with Gasteiger partial charge in [-0.1, -0.05) is 28.1 Å². The van der Waals surface area contributed by atoms with Gasteiger partial charge in [0.1, 0.15) is 0 Å². The molecule has 0 aliphatic heterocycles. The Kier molecular flexibility index (Phi) is 6.09. The molecule has 0 saturated carbocycles. The smallest absolute Gasteiger partial charge is 0.244 e. The van der Waals surface area contributed by atoms with Crippen LogP contribution in [0.25, 0.3) is 6.08 Å². The molecule has 1 aromatic carbocycles. The van der Waals surface area contributed by atoms with E-state index in [4.69, 9.17) is 0 Å². The fraction of sp³-hybridized carbons (Fsp3) is 0.357. The molecule has 1 aromatic rings. The Bertz CT molecular complexity index is 430. The highest BCUT2D eigenvalue weighted by atomic mass is 79.9. The SMILES string of the molecule is CC(O)CC(C)NC(=O)/C=C/c1cccc(Br)c1. The minimum atomic E-state index is -0.408. The third kappa shape index (κ3) is 5.98. The molecule has 0 aliphatic carbocycles. The number of aliphatic hydroxyl groups is 1. The lowest BCUT2D eigenvalue weighted by atomic mass is 10.1. The molecule has 0 radical (unpaired) electrons. The van der Waals surface area contributed by atoms with Crippen molar-refractivity contribution in [2.45, 2.75) is 32.4 Å². The number of benzene rings is 1. The average molecular weight is 312 g/mol. The van der Waals surface area contributed by atoms with Crippen LogP contribution in [-0.4, -0.2) is 23.2 Å². The van der Waals surface area contributed by atoms with Crippen LogP contribution in [0.3, 0.4) is 0 Å². The largest absolute Gasteiger partial charge is 0.393 e. The van der Waals surface area contributed by atoms with Crippen LogP contribution in [-0.2, 0) is 4.79 Å². The Morgan fingerprint density at radius 1 is 1.50 bits per heavy atom. The van der Waals surface area contributed by atoms with Crippen LogP contribution in [0.5, 0.6) is 0 Å². The molecule has 4 heteroatoms. The van der Waals surface area contributed by atoms with E-state index >= 15 is 0 Å². The molecule has 0 saturated heterocycles. The normalized spacial score (nSPS) is 14.4. The number of halogens is 1. The summed E-state index contributed by atoms with van der Waals surface area (Å²) >= 11 is 3.37. The van der Waals surface area contributed by atoms with Crippen molar-refractivity contribution in [2.24, 2.45) is 0 Å². The minimum absolute atomic E-state index is 0.0374. The molecule has 98 valence electrons. The monoisotopic (exact) mass is 311 g/mol. The lowest BCUT2D eigenvalue weighted by molar-refractivity contribution is -0.117. The van der Waals surface area contributed by atoms with Crippen molar-refractivity contribution < 1.29 is 9.90 Å². The van der Waals surface area contributed by atoms with Gasteiger partial charge in [0.15, 0.2) is 0 Å². The van der Waals surface area contributed by atoms with E-state index in [1.165, 1.54) is 6.08 Å². The first kappa shape index (κ1) is 14.9. The second-order valence-electron chi connectivity index (χ2n) is 4.38. The van der Waals surface area contributed by atoms with Crippen LogP contribution >= 0.6 is 15.9 Å². The quantitative estimate of drug-likeness (QED) is 0.821. The summed E-state index contributed by atoms with van der Waals surface area (Å²) in [7, 11) is 0. The van der Waals surface area contributed by atoms with Crippen LogP contribution < -0.4 is 5.32 Å². The highest BCUT2D eigenvalue weighted by molar-refractivity contribution is 9.10. The summed E-state index contributed by atoms with van der Waals surface area (Å²) in [6.07, 6.45) is 3.40. The summed E-state index contributed by atoms with van der Waals surface area (Å²) in [5.41, 5.74) is 0.961. The summed E-state index contributed by atoms with van der Waals surface area (Å²) in [6, 6.07) is 7.67. The average Bonchev–Trinajstić information content (AvgIpc) is 2.25. The lowest BCUT2D eigenvalue weighted by Crippen LogP contribution is -2.33. The summed E-state index contributed by atoms with van der Waals surface area (Å²) in [4.78, 5) is 11.6. The predicted octanol–water partition coefficient (Wildman–Crippen LogP) is 2.74. The highest BCUT2D eigenvalue weighted by Gasteiger charge is 2.07. The van der Waals surface area contributed by atoms with E-state index in [1.807, 2.05) is 31.2 Å². The van der Waals surface area contributed by atoms with E-state index in [-0.39, 0.29) is 11.9 Å². The molecule has 2 N–H and O–H groups in total. The molecular formula is C14H18BrNO2. The first-order valence-electron chi connectivity index (χ1n) is 5.89. The van der Waals surface area contributed by atoms with Crippen LogP contribution in [0.1, 0.15) is 25.8 Å². The van der Waals surface area contributed by atoms with Gasteiger partial charge < -0.3 is 10.4 Å². The molecular weight excluding hydrogens is 294 g/mol. The Morgan fingerprint density at radius 3 is 2.83 bits per heavy atom. The molecule has 2 unspecified atom stereocenters. The molecule has 0 aliphatic rings. The maximum atomic E-state index is 11.6. The van der Waals surface area contributed by atoms with Gasteiger partial charge in [0, 0.05) is 16.6 Å². The van der Waals surface area contributed by atoms with E-state index in [1.54, 1.807) is 13.0 Å². The van der Waals surface area contributed by atoms with Gasteiger partial charge in [0.25, 0.3) is 0 Å². The minimum Gasteiger partial charge on any atom is -0.393 e. The number of hydrogen-bond acceptors (Lipinski definition) is 2. The van der Waals surface area contributed by atoms with Crippen molar-refractivity contribution in [1.82, 2.24) is 5.32 Å². The van der Waals surface area contributed by atoms with Crippen molar-refractivity contribution in [3.05, 3.63) is 40.4 Å². The fourth-order valence-corrected chi connectivity index (χ4v) is 2.06. The number of amides is 1. The number of carbonyl (C=O) groups excluding carboxylic acids is 1. The van der Waals surface area contributed by atoms with Gasteiger partial charge >= 0.3 is 0 Å². The standard InChI is InChI=1S/C14H18BrNO2/c1-10(8-11(2)17)16-14(18)7-6-12-4-3-5-13(15)9-12/h3-7,9-11,17H,8H2,1-2H3,(H,16,18)/b7-6+. The Balaban J connectivity index is 2.49. The number of rotatable bonds is 5. The fourth-order valence-electron chi connectivity index (χ4n) is 1.64. The zero-order valence-electron chi connectivity index (χ0n) is 10.6. The van der Waals surface area contributed by atoms with Gasteiger partial charge in [-0.2, -0.15) is 0 Å². The third-order valence-corrected chi connectivity index (χ3v) is 2.85. The summed E-state index contributed by atoms with van der Waals surface area (Å²) in [6.45, 7) is 3.58. The van der Waals surface area contributed by atoms with E-state index in [0.29, 0.717) is 6.42 Å². The van der Waals surface area contributed by atoms with Gasteiger partial charge in [-0.15, -0.1) is 0 Å². The van der Waals surface area contributed by atoms with Crippen molar-refractivity contribution in [1.29, 1.82) is 0 Å². The number of aliphatic hydroxyl groups excluding tert-OH is 1. The summed E-state index contributed by atoms with van der Waals surface area (Å²) in [5, 5.41) is 12.0. The molecule has 1 amide bonds. The van der Waals surface area contributed by atoms with E-state index in [0.717, 1.165) is 10.0 Å². The summed E-state index contributed by atoms with van der Waals surface area (Å²) < 4.78 is 0.979. The number of hydrogen-bond donors (Lipinski definition) is 2. The van der Waals surface area contributed by atoms with Gasteiger partial charge in [0.2, 0.25) is 5.91 Å². The molecule has 0 aromatic heterocycles.